The highest BCUT2D eigenvalue weighted by molar-refractivity contribution is 7.99. The second-order valence-electron chi connectivity index (χ2n) is 6.83. The number of imidazole rings is 1. The van der Waals surface area contributed by atoms with Gasteiger partial charge in [-0.3, -0.25) is 18.7 Å². The molecule has 0 radical (unpaired) electrons. The summed E-state index contributed by atoms with van der Waals surface area (Å²) >= 11 is 2.26. The number of thiazole rings is 1. The predicted octanol–water partition coefficient (Wildman–Crippen LogP) is 1.38. The lowest BCUT2D eigenvalue weighted by atomic mass is 10.4. The lowest BCUT2D eigenvalue weighted by Crippen LogP contribution is -2.37. The van der Waals surface area contributed by atoms with Gasteiger partial charge in [-0.15, -0.1) is 11.3 Å². The maximum Gasteiger partial charge on any atom is 0.357 e. The largest absolute Gasteiger partial charge is 0.461 e. The number of nitrogens with one attached hydrogen (secondary N) is 1. The van der Waals surface area contributed by atoms with E-state index in [4.69, 9.17) is 4.74 Å². The van der Waals surface area contributed by atoms with Crippen molar-refractivity contribution in [2.45, 2.75) is 32.0 Å². The monoisotopic (exact) mass is 466 g/mol. The van der Waals surface area contributed by atoms with E-state index in [2.05, 4.69) is 15.3 Å². The summed E-state index contributed by atoms with van der Waals surface area (Å²) < 4.78 is 8.94. The third kappa shape index (κ3) is 4.42. The molecule has 3 aromatic heterocycles. The molecule has 0 unspecified atom stereocenters. The molecule has 0 bridgehead atoms. The molecule has 0 aliphatic rings. The highest BCUT2D eigenvalue weighted by atomic mass is 32.2. The Morgan fingerprint density at radius 3 is 2.58 bits per heavy atom. The summed E-state index contributed by atoms with van der Waals surface area (Å²) in [6.07, 6.45) is 0. The molecule has 0 fully saturated rings. The molecular weight excluding hydrogens is 444 g/mol. The zero-order chi connectivity index (χ0) is 22.9. The van der Waals surface area contributed by atoms with Gasteiger partial charge in [-0.25, -0.2) is 19.6 Å². The van der Waals surface area contributed by atoms with Gasteiger partial charge in [0.05, 0.1) is 12.4 Å². The van der Waals surface area contributed by atoms with Crippen molar-refractivity contribution in [2.24, 2.45) is 14.1 Å². The minimum Gasteiger partial charge on any atom is -0.461 e. The molecule has 166 valence electrons. The number of amides is 1. The van der Waals surface area contributed by atoms with Crippen LogP contribution in [0.25, 0.3) is 11.2 Å². The van der Waals surface area contributed by atoms with Gasteiger partial charge in [-0.1, -0.05) is 11.8 Å². The van der Waals surface area contributed by atoms with Gasteiger partial charge in [0.2, 0.25) is 5.91 Å². The van der Waals surface area contributed by atoms with E-state index in [0.717, 1.165) is 27.7 Å². The SMILES string of the molecule is CCOC(=O)c1csc(NC(=O)CSc2nc3c(c(=O)n(C)c(=O)n3C)n2C(C)C)n1. The van der Waals surface area contributed by atoms with Crippen LogP contribution in [0.1, 0.15) is 37.3 Å². The second kappa shape index (κ2) is 9.06. The Hall–Kier alpha value is -2.93. The molecule has 3 heterocycles. The first-order valence-electron chi connectivity index (χ1n) is 9.38. The zero-order valence-corrected chi connectivity index (χ0v) is 19.3. The van der Waals surface area contributed by atoms with E-state index in [-0.39, 0.29) is 40.8 Å². The molecule has 13 heteroatoms. The molecule has 31 heavy (non-hydrogen) atoms. The van der Waals surface area contributed by atoms with Crippen molar-refractivity contribution in [1.82, 2.24) is 23.7 Å². The van der Waals surface area contributed by atoms with Gasteiger partial charge < -0.3 is 14.6 Å². The predicted molar refractivity (Wildman–Crippen MR) is 118 cm³/mol. The fraction of sp³-hybridized carbons (Fsp3) is 0.444. The van der Waals surface area contributed by atoms with Crippen LogP contribution in [0.15, 0.2) is 20.1 Å². The number of aromatic nitrogens is 5. The van der Waals surface area contributed by atoms with Crippen molar-refractivity contribution in [1.29, 1.82) is 0 Å². The number of thioether (sulfide) groups is 1. The van der Waals surface area contributed by atoms with Gasteiger partial charge in [0.1, 0.15) is 0 Å². The summed E-state index contributed by atoms with van der Waals surface area (Å²) in [7, 11) is 2.97. The normalized spacial score (nSPS) is 11.3. The number of hydrogen-bond donors (Lipinski definition) is 1. The van der Waals surface area contributed by atoms with Crippen molar-refractivity contribution < 1.29 is 14.3 Å². The Labute approximate surface area is 185 Å². The average Bonchev–Trinajstić information content (AvgIpc) is 3.34. The van der Waals surface area contributed by atoms with Crippen LogP contribution in [0.4, 0.5) is 5.13 Å². The number of aryl methyl sites for hydroxylation is 1. The summed E-state index contributed by atoms with van der Waals surface area (Å²) in [5.74, 6) is -0.899. The van der Waals surface area contributed by atoms with Crippen LogP contribution in [0.5, 0.6) is 0 Å². The van der Waals surface area contributed by atoms with E-state index < -0.39 is 17.2 Å². The Morgan fingerprint density at radius 2 is 1.94 bits per heavy atom. The van der Waals surface area contributed by atoms with E-state index >= 15 is 0 Å². The van der Waals surface area contributed by atoms with Crippen molar-refractivity contribution in [3.63, 3.8) is 0 Å². The van der Waals surface area contributed by atoms with Crippen LogP contribution < -0.4 is 16.6 Å². The number of hydrogen-bond acceptors (Lipinski definition) is 9. The van der Waals surface area contributed by atoms with Crippen LogP contribution in [-0.4, -0.2) is 47.9 Å². The van der Waals surface area contributed by atoms with Crippen LogP contribution in [0.2, 0.25) is 0 Å². The Morgan fingerprint density at radius 1 is 1.23 bits per heavy atom. The van der Waals surface area contributed by atoms with E-state index in [1.165, 1.54) is 17.0 Å². The minimum absolute atomic E-state index is 0.00137. The first-order chi connectivity index (χ1) is 14.6. The van der Waals surface area contributed by atoms with Crippen LogP contribution in [0.3, 0.4) is 0 Å². The number of carbonyl (C=O) groups is 2. The van der Waals surface area contributed by atoms with E-state index in [1.807, 2.05) is 13.8 Å². The minimum atomic E-state index is -0.550. The maximum atomic E-state index is 12.7. The van der Waals surface area contributed by atoms with Crippen LogP contribution >= 0.6 is 23.1 Å². The number of carbonyl (C=O) groups excluding carboxylic acids is 2. The van der Waals surface area contributed by atoms with Gasteiger partial charge in [-0.05, 0) is 20.8 Å². The highest BCUT2D eigenvalue weighted by Gasteiger charge is 2.22. The summed E-state index contributed by atoms with van der Waals surface area (Å²) in [6.45, 7) is 5.72. The summed E-state index contributed by atoms with van der Waals surface area (Å²) in [5, 5.41) is 4.87. The average molecular weight is 467 g/mol. The molecule has 0 atom stereocenters. The first-order valence-corrected chi connectivity index (χ1v) is 11.2. The van der Waals surface area contributed by atoms with Crippen LogP contribution in [-0.2, 0) is 23.6 Å². The van der Waals surface area contributed by atoms with E-state index in [9.17, 15) is 19.2 Å². The number of rotatable bonds is 7. The molecule has 0 spiro atoms. The van der Waals surface area contributed by atoms with Gasteiger partial charge in [0, 0.05) is 25.5 Å². The summed E-state index contributed by atoms with van der Waals surface area (Å²) in [5.41, 5.74) is -0.204. The number of ether oxygens (including phenoxy) is 1. The number of anilines is 1. The third-order valence-electron chi connectivity index (χ3n) is 4.34. The Kier molecular flexibility index (Phi) is 6.65. The van der Waals surface area contributed by atoms with Gasteiger partial charge in [-0.2, -0.15) is 0 Å². The molecule has 0 saturated heterocycles. The number of esters is 1. The van der Waals surface area contributed by atoms with Gasteiger partial charge in [0.25, 0.3) is 5.56 Å². The quantitative estimate of drug-likeness (QED) is 0.408. The first kappa shape index (κ1) is 22.7. The molecule has 0 aliphatic heterocycles. The lowest BCUT2D eigenvalue weighted by molar-refractivity contribution is -0.113. The topological polar surface area (TPSA) is 130 Å². The van der Waals surface area contributed by atoms with Crippen LogP contribution in [0, 0.1) is 0 Å². The molecule has 0 aliphatic carbocycles. The fourth-order valence-corrected chi connectivity index (χ4v) is 4.51. The van der Waals surface area contributed by atoms with E-state index in [0.29, 0.717) is 10.7 Å². The molecule has 1 amide bonds. The van der Waals surface area contributed by atoms with Crippen molar-refractivity contribution in [3.8, 4) is 0 Å². The van der Waals surface area contributed by atoms with Gasteiger partial charge in [0.15, 0.2) is 27.1 Å². The second-order valence-corrected chi connectivity index (χ2v) is 8.63. The lowest BCUT2D eigenvalue weighted by Gasteiger charge is -2.12. The summed E-state index contributed by atoms with van der Waals surface area (Å²) in [6, 6.07) is -0.119. The number of nitrogens with zero attached hydrogens (tertiary/aromatic N) is 5. The molecule has 0 aromatic carbocycles. The molecule has 1 N–H and O–H groups in total. The molecule has 3 aromatic rings. The molecule has 0 saturated carbocycles. The Bertz CT molecular complexity index is 1270. The Balaban J connectivity index is 1.82. The number of fused-ring (bicyclic) bond motifs is 1. The third-order valence-corrected chi connectivity index (χ3v) is 6.05. The van der Waals surface area contributed by atoms with Crippen molar-refractivity contribution in [2.75, 3.05) is 17.7 Å². The van der Waals surface area contributed by atoms with Crippen molar-refractivity contribution in [3.05, 3.63) is 31.9 Å². The maximum absolute atomic E-state index is 12.7. The van der Waals surface area contributed by atoms with Gasteiger partial charge >= 0.3 is 11.7 Å². The molecule has 3 rings (SSSR count). The molecular formula is C18H22N6O5S2. The molecule has 11 nitrogen and oxygen atoms in total. The fourth-order valence-electron chi connectivity index (χ4n) is 2.89. The van der Waals surface area contributed by atoms with Crippen molar-refractivity contribution >= 4 is 51.3 Å². The van der Waals surface area contributed by atoms with E-state index in [1.54, 1.807) is 18.5 Å². The standard InChI is InChI=1S/C18H22N6O5S2/c1-6-29-15(27)10-7-30-16(19-10)20-11(25)8-31-17-21-13-12(24(17)9(2)3)14(26)23(5)18(28)22(13)4/h7,9H,6,8H2,1-5H3,(H,19,20,25). The highest BCUT2D eigenvalue weighted by Crippen LogP contribution is 2.26. The summed E-state index contributed by atoms with van der Waals surface area (Å²) in [4.78, 5) is 57.5. The zero-order valence-electron chi connectivity index (χ0n) is 17.7. The smallest absolute Gasteiger partial charge is 0.357 e.